The molecule has 1 saturated heterocycles. The second-order valence-electron chi connectivity index (χ2n) is 7.31. The van der Waals surface area contributed by atoms with E-state index in [9.17, 15) is 0 Å². The molecule has 1 aromatic rings. The molecule has 0 N–H and O–H groups in total. The lowest BCUT2D eigenvalue weighted by molar-refractivity contribution is -0.449. The Balaban J connectivity index is 2.02. The molecule has 2 fully saturated rings. The summed E-state index contributed by atoms with van der Waals surface area (Å²) in [5, 5.41) is 0. The first-order valence-electron chi connectivity index (χ1n) is 7.32. The van der Waals surface area contributed by atoms with E-state index in [1.54, 1.807) is 7.11 Å². The van der Waals surface area contributed by atoms with Crippen molar-refractivity contribution in [2.75, 3.05) is 7.11 Å². The summed E-state index contributed by atoms with van der Waals surface area (Å²) < 4.78 is 5.25. The molecule has 0 aromatic heterocycles. The van der Waals surface area contributed by atoms with Crippen LogP contribution in [0.1, 0.15) is 46.1 Å². The van der Waals surface area contributed by atoms with Gasteiger partial charge in [-0.25, -0.2) is 9.78 Å². The molecule has 110 valence electrons. The number of ether oxygens (including phenoxy) is 1. The fourth-order valence-corrected chi connectivity index (χ4v) is 3.78. The second kappa shape index (κ2) is 4.22. The van der Waals surface area contributed by atoms with Gasteiger partial charge < -0.3 is 4.74 Å². The Hall–Kier alpha value is -1.06. The van der Waals surface area contributed by atoms with Crippen LogP contribution in [0.4, 0.5) is 0 Å². The Morgan fingerprint density at radius 2 is 1.65 bits per heavy atom. The van der Waals surface area contributed by atoms with Crippen LogP contribution in [0.25, 0.3) is 0 Å². The highest BCUT2D eigenvalue weighted by molar-refractivity contribution is 5.34. The van der Waals surface area contributed by atoms with E-state index in [4.69, 9.17) is 14.5 Å². The minimum atomic E-state index is -0.348. The van der Waals surface area contributed by atoms with Crippen LogP contribution in [0.2, 0.25) is 0 Å². The maximum absolute atomic E-state index is 6.01. The molecular weight excluding hydrogens is 252 g/mol. The van der Waals surface area contributed by atoms with E-state index in [2.05, 4.69) is 39.8 Å². The zero-order valence-electron chi connectivity index (χ0n) is 13.0. The first-order chi connectivity index (χ1) is 9.31. The van der Waals surface area contributed by atoms with Gasteiger partial charge in [-0.15, -0.1) is 0 Å². The number of hydrogen-bond donors (Lipinski definition) is 0. The molecule has 2 atom stereocenters. The number of benzene rings is 1. The number of rotatable bonds is 2. The fourth-order valence-electron chi connectivity index (χ4n) is 3.78. The third-order valence-electron chi connectivity index (χ3n) is 5.32. The monoisotopic (exact) mass is 276 g/mol. The van der Waals surface area contributed by atoms with E-state index in [0.717, 1.165) is 18.6 Å². The minimum absolute atomic E-state index is 0.0556. The minimum Gasteiger partial charge on any atom is -0.497 e. The Morgan fingerprint density at radius 3 is 2.25 bits per heavy atom. The third kappa shape index (κ3) is 1.80. The molecule has 2 bridgehead atoms. The predicted octanol–water partition coefficient (Wildman–Crippen LogP) is 4.07. The summed E-state index contributed by atoms with van der Waals surface area (Å²) in [4.78, 5) is 11.8. The van der Waals surface area contributed by atoms with Crippen molar-refractivity contribution in [3.8, 4) is 5.75 Å². The highest BCUT2D eigenvalue weighted by Gasteiger charge is 2.62. The summed E-state index contributed by atoms with van der Waals surface area (Å²) in [5.41, 5.74) is 0.685. The maximum atomic E-state index is 6.01. The molecule has 0 spiro atoms. The van der Waals surface area contributed by atoms with Crippen LogP contribution in [0.15, 0.2) is 24.3 Å². The van der Waals surface area contributed by atoms with E-state index >= 15 is 0 Å². The third-order valence-corrected chi connectivity index (χ3v) is 5.32. The van der Waals surface area contributed by atoms with Gasteiger partial charge in [0.15, 0.2) is 0 Å². The molecule has 3 heteroatoms. The van der Waals surface area contributed by atoms with Crippen molar-refractivity contribution in [2.45, 2.75) is 51.7 Å². The fraction of sp³-hybridized carbons (Fsp3) is 0.647. The number of methoxy groups -OCH3 is 1. The van der Waals surface area contributed by atoms with Crippen LogP contribution in [-0.4, -0.2) is 12.7 Å². The zero-order chi connectivity index (χ0) is 14.6. The number of hydrogen-bond acceptors (Lipinski definition) is 3. The molecule has 1 aromatic carbocycles. The van der Waals surface area contributed by atoms with Crippen LogP contribution in [0.3, 0.4) is 0 Å². The van der Waals surface area contributed by atoms with Crippen LogP contribution >= 0.6 is 0 Å². The lowest BCUT2D eigenvalue weighted by atomic mass is 9.73. The van der Waals surface area contributed by atoms with E-state index in [0.29, 0.717) is 5.92 Å². The zero-order valence-corrected chi connectivity index (χ0v) is 13.0. The maximum Gasteiger partial charge on any atom is 0.134 e. The normalized spacial score (nSPS) is 34.0. The molecule has 3 nitrogen and oxygen atoms in total. The van der Waals surface area contributed by atoms with E-state index < -0.39 is 0 Å². The highest BCUT2D eigenvalue weighted by Crippen LogP contribution is 2.63. The van der Waals surface area contributed by atoms with Gasteiger partial charge in [-0.3, -0.25) is 0 Å². The Labute approximate surface area is 121 Å². The summed E-state index contributed by atoms with van der Waals surface area (Å²) in [6.45, 7) is 8.80. The molecule has 1 aliphatic carbocycles. The number of fused-ring (bicyclic) bond motifs is 2. The van der Waals surface area contributed by atoms with Gasteiger partial charge in [0.2, 0.25) is 0 Å². The standard InChI is InChI=1S/C17H24O3/c1-15(2)10-13-11-17(15,20-19-16(13,3)4)12-6-8-14(18-5)9-7-12/h6-9,13H,10-11H2,1-5H3. The van der Waals surface area contributed by atoms with Crippen molar-refractivity contribution in [3.63, 3.8) is 0 Å². The van der Waals surface area contributed by atoms with Gasteiger partial charge in [-0.05, 0) is 50.3 Å². The summed E-state index contributed by atoms with van der Waals surface area (Å²) in [6.07, 6.45) is 2.13. The van der Waals surface area contributed by atoms with E-state index in [1.165, 1.54) is 5.56 Å². The van der Waals surface area contributed by atoms with Crippen LogP contribution in [0.5, 0.6) is 5.75 Å². The lowest BCUT2D eigenvalue weighted by Gasteiger charge is -2.44. The molecule has 1 saturated carbocycles. The van der Waals surface area contributed by atoms with Crippen molar-refractivity contribution in [3.05, 3.63) is 29.8 Å². The van der Waals surface area contributed by atoms with E-state index in [-0.39, 0.29) is 16.6 Å². The molecule has 0 radical (unpaired) electrons. The summed E-state index contributed by atoms with van der Waals surface area (Å²) in [7, 11) is 1.69. The molecule has 1 heterocycles. The Bertz CT molecular complexity index is 503. The first-order valence-corrected chi connectivity index (χ1v) is 7.32. The largest absolute Gasteiger partial charge is 0.497 e. The van der Waals surface area contributed by atoms with Gasteiger partial charge in [-0.1, -0.05) is 26.0 Å². The van der Waals surface area contributed by atoms with Gasteiger partial charge in [-0.2, -0.15) is 0 Å². The van der Waals surface area contributed by atoms with E-state index in [1.807, 2.05) is 12.1 Å². The van der Waals surface area contributed by atoms with Crippen LogP contribution in [0, 0.1) is 11.3 Å². The second-order valence-corrected chi connectivity index (χ2v) is 7.31. The van der Waals surface area contributed by atoms with Crippen molar-refractivity contribution >= 4 is 0 Å². The van der Waals surface area contributed by atoms with Crippen molar-refractivity contribution in [1.29, 1.82) is 0 Å². The highest BCUT2D eigenvalue weighted by atomic mass is 17.2. The van der Waals surface area contributed by atoms with Crippen LogP contribution < -0.4 is 4.74 Å². The van der Waals surface area contributed by atoms with Crippen molar-refractivity contribution in [1.82, 2.24) is 0 Å². The van der Waals surface area contributed by atoms with Crippen molar-refractivity contribution < 1.29 is 14.5 Å². The average Bonchev–Trinajstić information content (AvgIpc) is 2.66. The van der Waals surface area contributed by atoms with Crippen molar-refractivity contribution in [2.24, 2.45) is 11.3 Å². The SMILES string of the molecule is COc1ccc(C23CC(CC2(C)C)C(C)(C)OO3)cc1. The Kier molecular flexibility index (Phi) is 2.93. The molecule has 20 heavy (non-hydrogen) atoms. The van der Waals surface area contributed by atoms with Gasteiger partial charge in [0.1, 0.15) is 17.0 Å². The predicted molar refractivity (Wildman–Crippen MR) is 77.4 cm³/mol. The summed E-state index contributed by atoms with van der Waals surface area (Å²) in [6, 6.07) is 8.20. The molecular formula is C17H24O3. The summed E-state index contributed by atoms with van der Waals surface area (Å²) >= 11 is 0. The summed E-state index contributed by atoms with van der Waals surface area (Å²) in [5.74, 6) is 1.39. The first kappa shape index (κ1) is 13.9. The molecule has 3 rings (SSSR count). The molecule has 2 unspecified atom stereocenters. The van der Waals surface area contributed by atoms with Gasteiger partial charge in [0, 0.05) is 5.41 Å². The molecule has 1 aliphatic heterocycles. The Morgan fingerprint density at radius 1 is 1.00 bits per heavy atom. The molecule has 2 aliphatic rings. The van der Waals surface area contributed by atoms with Gasteiger partial charge in [0.05, 0.1) is 7.11 Å². The molecule has 0 amide bonds. The topological polar surface area (TPSA) is 27.7 Å². The quantitative estimate of drug-likeness (QED) is 0.762. The van der Waals surface area contributed by atoms with Gasteiger partial charge >= 0.3 is 0 Å². The average molecular weight is 276 g/mol. The lowest BCUT2D eigenvalue weighted by Crippen LogP contribution is -2.46. The van der Waals surface area contributed by atoms with Gasteiger partial charge in [0.25, 0.3) is 0 Å². The smallest absolute Gasteiger partial charge is 0.134 e. The van der Waals surface area contributed by atoms with Crippen LogP contribution in [-0.2, 0) is 15.4 Å².